The zero-order chi connectivity index (χ0) is 31.9. The van der Waals surface area contributed by atoms with E-state index in [-0.39, 0.29) is 119 Å². The summed E-state index contributed by atoms with van der Waals surface area (Å²) >= 11 is 3.95. The molecule has 0 spiro atoms. The molecule has 0 saturated carbocycles. The van der Waals surface area contributed by atoms with Crippen molar-refractivity contribution >= 4 is 73.2 Å². The van der Waals surface area contributed by atoms with Crippen LogP contribution in [-0.4, -0.2) is 39.2 Å². The third kappa shape index (κ3) is 16.3. The van der Waals surface area contributed by atoms with Crippen LogP contribution in [0.1, 0.15) is 18.1 Å². The van der Waals surface area contributed by atoms with Crippen molar-refractivity contribution in [2.45, 2.75) is 52.2 Å². The van der Waals surface area contributed by atoms with E-state index in [0.29, 0.717) is 5.25 Å². The molecule has 10 heteroatoms. The fourth-order valence-electron chi connectivity index (χ4n) is 5.71. The quantitative estimate of drug-likeness (QED) is 0.195. The third-order valence-corrected chi connectivity index (χ3v) is 11.9. The third-order valence-electron chi connectivity index (χ3n) is 7.56. The molecule has 0 aromatic heterocycles. The standard InChI is InChI=1S/C11H14SSi.C10H12SSi.2C10H9.4ClH.2Zr/c1-8-4-9-6-10(7-13(2)3)12-11(9)5-8;1-12(2)7-8-5-9-3-4-11-10(9)6-8;2*1-8-6-9-4-2-3-5-10(9)7-8;;;;;;/h4-7,10H,1-3H3;3,5-7H,4H2,1-2H3;2*2-7H,1H3;4*1H;;/q;;2*-1;;;;;2*+4/p-4. The average Bonchev–Trinajstić information content (AvgIpc) is 3.79. The smallest absolute Gasteiger partial charge is 1.00 e. The minimum absolute atomic E-state index is 0. The average molecular weight is 981 g/mol. The Balaban J connectivity index is 0. The Morgan fingerprint density at radius 1 is 0.667 bits per heavy atom. The van der Waals surface area contributed by atoms with Gasteiger partial charge in [0.15, 0.2) is 0 Å². The number of allylic oxidation sites excluding steroid dienone is 8. The van der Waals surface area contributed by atoms with Gasteiger partial charge in [0.25, 0.3) is 0 Å². The van der Waals surface area contributed by atoms with Gasteiger partial charge in [0.2, 0.25) is 0 Å². The summed E-state index contributed by atoms with van der Waals surface area (Å²) in [5.74, 6) is 1.17. The Morgan fingerprint density at radius 3 is 1.69 bits per heavy atom. The largest absolute Gasteiger partial charge is 4.00 e. The van der Waals surface area contributed by atoms with E-state index in [1.807, 2.05) is 23.5 Å². The van der Waals surface area contributed by atoms with Crippen molar-refractivity contribution in [3.63, 3.8) is 0 Å². The summed E-state index contributed by atoms with van der Waals surface area (Å²) in [5.41, 5.74) is 13.3. The predicted molar refractivity (Wildman–Crippen MR) is 214 cm³/mol. The summed E-state index contributed by atoms with van der Waals surface area (Å²) in [6.07, 6.45) is 13.9. The van der Waals surface area contributed by atoms with E-state index < -0.39 is 0 Å². The van der Waals surface area contributed by atoms with Gasteiger partial charge in [-0.1, -0.05) is 81.7 Å². The summed E-state index contributed by atoms with van der Waals surface area (Å²) in [4.78, 5) is 2.95. The summed E-state index contributed by atoms with van der Waals surface area (Å²) in [5, 5.41) is 6.04. The molecule has 0 N–H and O–H groups in total. The van der Waals surface area contributed by atoms with E-state index in [2.05, 4.69) is 168 Å². The molecule has 2 aliphatic carbocycles. The van der Waals surface area contributed by atoms with Gasteiger partial charge in [0.1, 0.15) is 0 Å². The van der Waals surface area contributed by atoms with E-state index in [4.69, 9.17) is 0 Å². The van der Waals surface area contributed by atoms with Crippen molar-refractivity contribution in [1.29, 1.82) is 0 Å². The maximum Gasteiger partial charge on any atom is 4.00 e. The molecule has 0 saturated heterocycles. The molecule has 1 atom stereocenters. The van der Waals surface area contributed by atoms with Gasteiger partial charge in [-0.15, -0.1) is 105 Å². The van der Waals surface area contributed by atoms with Crippen LogP contribution in [-0.2, 0) is 52.4 Å². The van der Waals surface area contributed by atoms with Crippen LogP contribution in [0.2, 0.25) is 26.2 Å². The van der Waals surface area contributed by atoms with E-state index in [9.17, 15) is 0 Å². The molecule has 0 nitrogen and oxygen atoms in total. The van der Waals surface area contributed by atoms with Crippen LogP contribution in [0.4, 0.5) is 0 Å². The molecule has 2 aliphatic heterocycles. The Labute approximate surface area is 381 Å². The zero-order valence-corrected chi connectivity index (χ0v) is 41.7. The van der Waals surface area contributed by atoms with Crippen LogP contribution in [0.15, 0.2) is 141 Å². The Hall–Kier alpha value is -0.1000. The van der Waals surface area contributed by atoms with Crippen molar-refractivity contribution in [3.05, 3.63) is 152 Å². The fraction of sp³-hybridized carbons (Fsp3) is 0.220. The molecule has 4 aromatic rings. The molecule has 8 rings (SSSR count). The van der Waals surface area contributed by atoms with E-state index in [0.717, 1.165) is 0 Å². The van der Waals surface area contributed by atoms with Crippen LogP contribution in [0.5, 0.6) is 0 Å². The maximum absolute atomic E-state index is 2.50. The number of hydrogen-bond acceptors (Lipinski definition) is 2. The van der Waals surface area contributed by atoms with Crippen molar-refractivity contribution in [1.82, 2.24) is 0 Å². The second-order valence-electron chi connectivity index (χ2n) is 12.5. The summed E-state index contributed by atoms with van der Waals surface area (Å²) in [6.45, 7) is 15.7. The molecule has 0 bridgehead atoms. The number of rotatable bonds is 2. The Morgan fingerprint density at radius 2 is 1.22 bits per heavy atom. The minimum Gasteiger partial charge on any atom is -1.00 e. The second kappa shape index (κ2) is 25.9. The maximum atomic E-state index is 2.50. The number of halogens is 4. The van der Waals surface area contributed by atoms with Gasteiger partial charge in [0, 0.05) is 37.6 Å². The number of fused-ring (bicyclic) bond motifs is 4. The molecule has 4 aliphatic rings. The van der Waals surface area contributed by atoms with Crippen LogP contribution in [0.25, 0.3) is 21.5 Å². The molecule has 0 amide bonds. The van der Waals surface area contributed by atoms with E-state index >= 15 is 0 Å². The second-order valence-corrected chi connectivity index (χ2v) is 19.7. The molecule has 1 unspecified atom stereocenters. The van der Waals surface area contributed by atoms with Gasteiger partial charge in [-0.25, -0.2) is 0 Å². The SMILES string of the molecule is CC1=CC2=CC(C=[Si](C)C)SC2=C1.C[Si](C)=CC1=CC2=CCSC2=C1.Cc1cc2ccccc2[cH-]1.Cc1cc2ccccc2[cH-]1.[Cl-].[Cl-].[Cl-].[Cl-].[Zr+4].[Zr+4]. The molecule has 0 radical (unpaired) electrons. The van der Waals surface area contributed by atoms with Crippen molar-refractivity contribution in [2.75, 3.05) is 5.75 Å². The number of thioether (sulfide) groups is 2. The predicted octanol–water partition coefficient (Wildman–Crippen LogP) is -0.623. The summed E-state index contributed by atoms with van der Waals surface area (Å²) < 4.78 is 0. The minimum atomic E-state index is -0.222. The molecular formula is C41H44Cl4S2Si2Zr2+2. The van der Waals surface area contributed by atoms with Gasteiger partial charge < -0.3 is 49.6 Å². The van der Waals surface area contributed by atoms with Crippen molar-refractivity contribution < 1.29 is 102 Å². The van der Waals surface area contributed by atoms with Crippen LogP contribution in [0, 0.1) is 13.8 Å². The molecule has 4 aromatic carbocycles. The Bertz CT molecular complexity index is 1830. The number of benzene rings is 2. The van der Waals surface area contributed by atoms with Crippen LogP contribution < -0.4 is 49.6 Å². The van der Waals surface area contributed by atoms with Crippen molar-refractivity contribution in [3.8, 4) is 0 Å². The van der Waals surface area contributed by atoms with Gasteiger partial charge in [-0.2, -0.15) is 12.1 Å². The topological polar surface area (TPSA) is 0 Å². The first-order chi connectivity index (χ1) is 21.6. The molecular weight excluding hydrogens is 937 g/mol. The van der Waals surface area contributed by atoms with Gasteiger partial charge in [0.05, 0.1) is 0 Å². The first kappa shape index (κ1) is 53.0. The fourth-order valence-corrected chi connectivity index (χ4v) is 10.4. The summed E-state index contributed by atoms with van der Waals surface area (Å²) in [7, 11) is -0.422. The first-order valence-corrected chi connectivity index (χ1v) is 22.7. The van der Waals surface area contributed by atoms with Crippen molar-refractivity contribution in [2.24, 2.45) is 0 Å². The number of hydrogen-bond donors (Lipinski definition) is 0. The van der Waals surface area contributed by atoms with Gasteiger partial charge >= 0.3 is 52.4 Å². The number of aryl methyl sites for hydroxylation is 2. The zero-order valence-electron chi connectivity index (χ0n) is 30.2. The summed E-state index contributed by atoms with van der Waals surface area (Å²) in [6, 6.07) is 25.7. The van der Waals surface area contributed by atoms with E-state index in [1.165, 1.54) is 70.5 Å². The van der Waals surface area contributed by atoms with Gasteiger partial charge in [-0.05, 0) is 47.4 Å². The molecule has 2 heterocycles. The Kier molecular flexibility index (Phi) is 26.9. The molecule has 51 heavy (non-hydrogen) atoms. The van der Waals surface area contributed by atoms with Crippen LogP contribution in [0.3, 0.4) is 0 Å². The van der Waals surface area contributed by atoms with Crippen LogP contribution >= 0.6 is 23.5 Å². The monoisotopic (exact) mass is 976 g/mol. The van der Waals surface area contributed by atoms with E-state index in [1.54, 1.807) is 0 Å². The molecule has 262 valence electrons. The normalized spacial score (nSPS) is 15.1. The van der Waals surface area contributed by atoms with Gasteiger partial charge in [-0.3, -0.25) is 0 Å². The first-order valence-electron chi connectivity index (χ1n) is 15.7. The molecule has 0 fully saturated rings.